The summed E-state index contributed by atoms with van der Waals surface area (Å²) in [7, 11) is 0. The third-order valence-electron chi connectivity index (χ3n) is 4.15. The van der Waals surface area contributed by atoms with Gasteiger partial charge in [0.15, 0.2) is 0 Å². The summed E-state index contributed by atoms with van der Waals surface area (Å²) in [6, 6.07) is 0.148. The number of carbonyl (C=O) groups is 2. The van der Waals surface area contributed by atoms with Crippen molar-refractivity contribution in [3.8, 4) is 0 Å². The lowest BCUT2D eigenvalue weighted by atomic mass is 9.86. The van der Waals surface area contributed by atoms with Gasteiger partial charge in [0.05, 0.1) is 6.10 Å². The number of nitrogens with one attached hydrogen (secondary N) is 2. The molecular weight excluding hydrogens is 244 g/mol. The Morgan fingerprint density at radius 1 is 1.11 bits per heavy atom. The van der Waals surface area contributed by atoms with Crippen molar-refractivity contribution in [2.45, 2.75) is 57.6 Å². The van der Waals surface area contributed by atoms with Crippen LogP contribution in [0.25, 0.3) is 0 Å². The average molecular weight is 268 g/mol. The zero-order valence-electron chi connectivity index (χ0n) is 11.6. The van der Waals surface area contributed by atoms with E-state index >= 15 is 0 Å². The zero-order chi connectivity index (χ0) is 13.7. The van der Waals surface area contributed by atoms with Gasteiger partial charge in [0.25, 0.3) is 0 Å². The standard InChI is InChI=1S/C14H24N2O3/c1-10-5-2-3-7-12(10)16-14(18)13(17)15-9-11-6-4-8-19-11/h10-12H,2-9H2,1H3,(H,15,17)(H,16,18)/t10-,11+,12+/m1/s1. The molecule has 2 rings (SSSR count). The van der Waals surface area contributed by atoms with Crippen LogP contribution in [-0.2, 0) is 14.3 Å². The molecule has 1 saturated heterocycles. The van der Waals surface area contributed by atoms with E-state index in [0.717, 1.165) is 38.7 Å². The number of ether oxygens (including phenoxy) is 1. The highest BCUT2D eigenvalue weighted by molar-refractivity contribution is 6.35. The van der Waals surface area contributed by atoms with E-state index in [1.807, 2.05) is 0 Å². The summed E-state index contributed by atoms with van der Waals surface area (Å²) in [4.78, 5) is 23.5. The van der Waals surface area contributed by atoms with Crippen LogP contribution in [0.5, 0.6) is 0 Å². The lowest BCUT2D eigenvalue weighted by Crippen LogP contribution is -2.48. The molecule has 2 amide bonds. The van der Waals surface area contributed by atoms with Gasteiger partial charge in [-0.3, -0.25) is 9.59 Å². The normalized spacial score (nSPS) is 30.9. The van der Waals surface area contributed by atoms with Crippen molar-refractivity contribution in [2.75, 3.05) is 13.2 Å². The topological polar surface area (TPSA) is 67.4 Å². The Labute approximate surface area is 114 Å². The molecule has 2 N–H and O–H groups in total. The summed E-state index contributed by atoms with van der Waals surface area (Å²) in [6.45, 7) is 3.33. The minimum absolute atomic E-state index is 0.0744. The summed E-state index contributed by atoms with van der Waals surface area (Å²) >= 11 is 0. The summed E-state index contributed by atoms with van der Waals surface area (Å²) in [6.07, 6.45) is 6.53. The minimum Gasteiger partial charge on any atom is -0.376 e. The molecule has 1 saturated carbocycles. The quantitative estimate of drug-likeness (QED) is 0.750. The van der Waals surface area contributed by atoms with E-state index in [4.69, 9.17) is 4.74 Å². The molecule has 2 fully saturated rings. The molecular formula is C14H24N2O3. The van der Waals surface area contributed by atoms with Gasteiger partial charge in [-0.2, -0.15) is 0 Å². The molecule has 1 heterocycles. The van der Waals surface area contributed by atoms with Crippen LogP contribution in [0.2, 0.25) is 0 Å². The van der Waals surface area contributed by atoms with Gasteiger partial charge in [0.1, 0.15) is 0 Å². The van der Waals surface area contributed by atoms with Crippen LogP contribution in [0.4, 0.5) is 0 Å². The second-order valence-electron chi connectivity index (χ2n) is 5.69. The SMILES string of the molecule is C[C@@H]1CCCC[C@@H]1NC(=O)C(=O)NC[C@@H]1CCCO1. The van der Waals surface area contributed by atoms with Crippen LogP contribution in [-0.4, -0.2) is 37.1 Å². The second-order valence-corrected chi connectivity index (χ2v) is 5.69. The highest BCUT2D eigenvalue weighted by Gasteiger charge is 2.26. The average Bonchev–Trinajstić information content (AvgIpc) is 2.91. The first-order valence-corrected chi connectivity index (χ1v) is 7.37. The van der Waals surface area contributed by atoms with Gasteiger partial charge in [-0.25, -0.2) is 0 Å². The predicted molar refractivity (Wildman–Crippen MR) is 71.5 cm³/mol. The smallest absolute Gasteiger partial charge is 0.309 e. The summed E-state index contributed by atoms with van der Waals surface area (Å²) in [5, 5.41) is 5.50. The molecule has 1 aliphatic heterocycles. The van der Waals surface area contributed by atoms with E-state index in [1.54, 1.807) is 0 Å². The lowest BCUT2D eigenvalue weighted by molar-refractivity contribution is -0.140. The van der Waals surface area contributed by atoms with E-state index in [-0.39, 0.29) is 12.1 Å². The Morgan fingerprint density at radius 2 is 1.89 bits per heavy atom. The highest BCUT2D eigenvalue weighted by atomic mass is 16.5. The van der Waals surface area contributed by atoms with Crippen LogP contribution in [0, 0.1) is 5.92 Å². The molecule has 0 aromatic carbocycles. The van der Waals surface area contributed by atoms with Gasteiger partial charge >= 0.3 is 11.8 Å². The molecule has 2 aliphatic rings. The maximum Gasteiger partial charge on any atom is 0.309 e. The van der Waals surface area contributed by atoms with Crippen LogP contribution < -0.4 is 10.6 Å². The molecule has 108 valence electrons. The number of carbonyl (C=O) groups excluding carboxylic acids is 2. The maximum absolute atomic E-state index is 11.8. The molecule has 5 nitrogen and oxygen atoms in total. The van der Waals surface area contributed by atoms with E-state index in [1.165, 1.54) is 6.42 Å². The molecule has 3 atom stereocenters. The number of rotatable bonds is 3. The molecule has 0 spiro atoms. The van der Waals surface area contributed by atoms with Gasteiger partial charge < -0.3 is 15.4 Å². The van der Waals surface area contributed by atoms with Crippen molar-refractivity contribution in [1.29, 1.82) is 0 Å². The molecule has 0 aromatic rings. The summed E-state index contributed by atoms with van der Waals surface area (Å²) in [5.74, 6) is -0.575. The summed E-state index contributed by atoms with van der Waals surface area (Å²) in [5.41, 5.74) is 0. The first kappa shape index (κ1) is 14.3. The zero-order valence-corrected chi connectivity index (χ0v) is 11.6. The number of hydrogen-bond acceptors (Lipinski definition) is 3. The maximum atomic E-state index is 11.8. The minimum atomic E-state index is -0.534. The second kappa shape index (κ2) is 6.89. The van der Waals surface area contributed by atoms with E-state index < -0.39 is 11.8 Å². The van der Waals surface area contributed by atoms with Crippen LogP contribution in [0.3, 0.4) is 0 Å². The fourth-order valence-corrected chi connectivity index (χ4v) is 2.86. The third kappa shape index (κ3) is 4.20. The predicted octanol–water partition coefficient (Wildman–Crippen LogP) is 0.976. The Kier molecular flexibility index (Phi) is 5.19. The lowest BCUT2D eigenvalue weighted by Gasteiger charge is -2.29. The monoisotopic (exact) mass is 268 g/mol. The van der Waals surface area contributed by atoms with Gasteiger partial charge in [0.2, 0.25) is 0 Å². The number of hydrogen-bond donors (Lipinski definition) is 2. The van der Waals surface area contributed by atoms with E-state index in [2.05, 4.69) is 17.6 Å². The molecule has 0 bridgehead atoms. The first-order chi connectivity index (χ1) is 9.16. The molecule has 0 aromatic heterocycles. The molecule has 5 heteroatoms. The van der Waals surface area contributed by atoms with Crippen molar-refractivity contribution in [2.24, 2.45) is 5.92 Å². The van der Waals surface area contributed by atoms with Gasteiger partial charge in [-0.1, -0.05) is 19.8 Å². The van der Waals surface area contributed by atoms with Gasteiger partial charge in [-0.15, -0.1) is 0 Å². The van der Waals surface area contributed by atoms with Crippen molar-refractivity contribution in [3.05, 3.63) is 0 Å². The van der Waals surface area contributed by atoms with Crippen LogP contribution in [0.1, 0.15) is 45.4 Å². The van der Waals surface area contributed by atoms with Crippen LogP contribution in [0.15, 0.2) is 0 Å². The Balaban J connectivity index is 1.70. The molecule has 1 aliphatic carbocycles. The van der Waals surface area contributed by atoms with Crippen molar-refractivity contribution in [3.63, 3.8) is 0 Å². The largest absolute Gasteiger partial charge is 0.376 e. The van der Waals surface area contributed by atoms with Crippen molar-refractivity contribution < 1.29 is 14.3 Å². The summed E-state index contributed by atoms with van der Waals surface area (Å²) < 4.78 is 5.40. The molecule has 19 heavy (non-hydrogen) atoms. The highest BCUT2D eigenvalue weighted by Crippen LogP contribution is 2.23. The van der Waals surface area contributed by atoms with Crippen LogP contribution >= 0.6 is 0 Å². The van der Waals surface area contributed by atoms with Gasteiger partial charge in [0, 0.05) is 19.2 Å². The Hall–Kier alpha value is -1.10. The Morgan fingerprint density at radius 3 is 2.58 bits per heavy atom. The molecule has 0 radical (unpaired) electrons. The fraction of sp³-hybridized carbons (Fsp3) is 0.857. The number of amides is 2. The first-order valence-electron chi connectivity index (χ1n) is 7.37. The van der Waals surface area contributed by atoms with E-state index in [9.17, 15) is 9.59 Å². The van der Waals surface area contributed by atoms with Crippen molar-refractivity contribution in [1.82, 2.24) is 10.6 Å². The van der Waals surface area contributed by atoms with E-state index in [0.29, 0.717) is 12.5 Å². The third-order valence-corrected chi connectivity index (χ3v) is 4.15. The molecule has 0 unspecified atom stereocenters. The van der Waals surface area contributed by atoms with Gasteiger partial charge in [-0.05, 0) is 31.6 Å². The Bertz CT molecular complexity index is 327. The van der Waals surface area contributed by atoms with Crippen molar-refractivity contribution >= 4 is 11.8 Å². The fourth-order valence-electron chi connectivity index (χ4n) is 2.86.